The Morgan fingerprint density at radius 3 is 2.30 bits per heavy atom. The highest BCUT2D eigenvalue weighted by molar-refractivity contribution is 8.00. The van der Waals surface area contributed by atoms with Crippen molar-refractivity contribution in [1.29, 1.82) is 5.26 Å². The van der Waals surface area contributed by atoms with Gasteiger partial charge in [0.05, 0.1) is 11.6 Å². The van der Waals surface area contributed by atoms with E-state index in [4.69, 9.17) is 4.42 Å². The number of nitriles is 1. The van der Waals surface area contributed by atoms with Crippen LogP contribution in [0, 0.1) is 11.3 Å². The molecular formula is C37H23NOS. The SMILES string of the molecule is N#Cc1cccc(-c2cc(-c3ccc4oc5ccccc5c4c3)cc(-c3cccc4c3C3C=CC=CC3S4)c2)c1. The number of nitrogens with zero attached hydrogens (tertiary/aromatic N) is 1. The Kier molecular flexibility index (Phi) is 5.30. The molecule has 2 unspecified atom stereocenters. The second kappa shape index (κ2) is 9.16. The quantitative estimate of drug-likeness (QED) is 0.229. The van der Waals surface area contributed by atoms with Gasteiger partial charge in [-0.25, -0.2) is 0 Å². The van der Waals surface area contributed by atoms with Crippen molar-refractivity contribution in [1.82, 2.24) is 0 Å². The van der Waals surface area contributed by atoms with Crippen molar-refractivity contribution in [3.63, 3.8) is 0 Å². The van der Waals surface area contributed by atoms with Crippen molar-refractivity contribution in [3.8, 4) is 39.4 Å². The molecule has 0 bridgehead atoms. The number of hydrogen-bond donors (Lipinski definition) is 0. The minimum absolute atomic E-state index is 0.365. The highest BCUT2D eigenvalue weighted by Crippen LogP contribution is 2.52. The molecule has 0 saturated carbocycles. The third-order valence-electron chi connectivity index (χ3n) is 8.03. The van der Waals surface area contributed by atoms with Gasteiger partial charge in [-0.3, -0.25) is 0 Å². The number of furan rings is 1. The summed E-state index contributed by atoms with van der Waals surface area (Å²) >= 11 is 1.95. The average molecular weight is 530 g/mol. The summed E-state index contributed by atoms with van der Waals surface area (Å²) in [5.41, 5.74) is 10.7. The fraction of sp³-hybridized carbons (Fsp3) is 0.0541. The maximum absolute atomic E-state index is 9.58. The molecule has 1 aliphatic carbocycles. The number of hydrogen-bond acceptors (Lipinski definition) is 3. The Morgan fingerprint density at radius 2 is 1.40 bits per heavy atom. The molecule has 0 radical (unpaired) electrons. The zero-order valence-electron chi connectivity index (χ0n) is 21.5. The number of fused-ring (bicyclic) bond motifs is 6. The fourth-order valence-corrected chi connectivity index (χ4v) is 7.51. The van der Waals surface area contributed by atoms with Crippen LogP contribution in [0.15, 0.2) is 137 Å². The molecule has 6 aromatic rings. The van der Waals surface area contributed by atoms with Gasteiger partial charge in [-0.15, -0.1) is 11.8 Å². The highest BCUT2D eigenvalue weighted by Gasteiger charge is 2.33. The van der Waals surface area contributed by atoms with Gasteiger partial charge in [-0.2, -0.15) is 5.26 Å². The second-order valence-electron chi connectivity index (χ2n) is 10.4. The van der Waals surface area contributed by atoms with Crippen LogP contribution < -0.4 is 0 Å². The molecule has 0 N–H and O–H groups in total. The van der Waals surface area contributed by atoms with Crippen molar-refractivity contribution in [2.24, 2.45) is 0 Å². The molecule has 0 amide bonds. The van der Waals surface area contributed by atoms with E-state index in [-0.39, 0.29) is 0 Å². The summed E-state index contributed by atoms with van der Waals surface area (Å²) in [7, 11) is 0. The molecule has 2 atom stereocenters. The Labute approximate surface area is 236 Å². The largest absolute Gasteiger partial charge is 0.456 e. The lowest BCUT2D eigenvalue weighted by molar-refractivity contribution is 0.669. The van der Waals surface area contributed by atoms with Crippen molar-refractivity contribution >= 4 is 33.7 Å². The number of allylic oxidation sites excluding steroid dienone is 3. The van der Waals surface area contributed by atoms with E-state index < -0.39 is 0 Å². The van der Waals surface area contributed by atoms with E-state index in [0.717, 1.165) is 44.2 Å². The number of rotatable bonds is 3. The first-order chi connectivity index (χ1) is 19.7. The summed E-state index contributed by atoms with van der Waals surface area (Å²) in [6.07, 6.45) is 8.99. The van der Waals surface area contributed by atoms with Crippen LogP contribution in [0.3, 0.4) is 0 Å². The molecule has 188 valence electrons. The van der Waals surface area contributed by atoms with E-state index in [2.05, 4.69) is 103 Å². The molecule has 2 heterocycles. The van der Waals surface area contributed by atoms with Crippen molar-refractivity contribution < 1.29 is 4.42 Å². The number of benzene rings is 5. The van der Waals surface area contributed by atoms with Gasteiger partial charge in [0.1, 0.15) is 11.2 Å². The van der Waals surface area contributed by atoms with E-state index in [1.165, 1.54) is 21.6 Å². The van der Waals surface area contributed by atoms with Crippen molar-refractivity contribution in [2.45, 2.75) is 16.1 Å². The maximum Gasteiger partial charge on any atom is 0.135 e. The summed E-state index contributed by atoms with van der Waals surface area (Å²) < 4.78 is 6.11. The molecule has 2 aliphatic rings. The van der Waals surface area contributed by atoms with Crippen LogP contribution in [-0.4, -0.2) is 5.25 Å². The zero-order valence-corrected chi connectivity index (χ0v) is 22.4. The van der Waals surface area contributed by atoms with Gasteiger partial charge in [-0.1, -0.05) is 72.8 Å². The van der Waals surface area contributed by atoms with Gasteiger partial charge in [-0.05, 0) is 93.5 Å². The summed E-state index contributed by atoms with van der Waals surface area (Å²) in [4.78, 5) is 1.36. The lowest BCUT2D eigenvalue weighted by Crippen LogP contribution is -2.07. The molecule has 0 spiro atoms. The molecule has 0 fully saturated rings. The molecule has 5 aromatic carbocycles. The lowest BCUT2D eigenvalue weighted by Gasteiger charge is -2.19. The third kappa shape index (κ3) is 3.72. The van der Waals surface area contributed by atoms with Gasteiger partial charge >= 0.3 is 0 Å². The Morgan fingerprint density at radius 1 is 0.625 bits per heavy atom. The summed E-state index contributed by atoms with van der Waals surface area (Å²) in [6, 6.07) is 38.4. The van der Waals surface area contributed by atoms with Crippen LogP contribution in [0.2, 0.25) is 0 Å². The predicted octanol–water partition coefficient (Wildman–Crippen LogP) is 10.1. The van der Waals surface area contributed by atoms with Crippen LogP contribution >= 0.6 is 11.8 Å². The van der Waals surface area contributed by atoms with Crippen LogP contribution in [0.1, 0.15) is 17.0 Å². The first-order valence-electron chi connectivity index (χ1n) is 13.5. The Balaban J connectivity index is 1.36. The molecule has 1 aliphatic heterocycles. The minimum atomic E-state index is 0.365. The molecule has 0 saturated heterocycles. The molecule has 40 heavy (non-hydrogen) atoms. The van der Waals surface area contributed by atoms with Gasteiger partial charge in [0.2, 0.25) is 0 Å². The van der Waals surface area contributed by atoms with Crippen molar-refractivity contribution in [3.05, 3.63) is 139 Å². The molecule has 8 rings (SSSR count). The fourth-order valence-electron chi connectivity index (χ4n) is 6.14. The van der Waals surface area contributed by atoms with Crippen LogP contribution in [0.4, 0.5) is 0 Å². The maximum atomic E-state index is 9.58. The zero-order chi connectivity index (χ0) is 26.6. The van der Waals surface area contributed by atoms with Crippen molar-refractivity contribution in [2.75, 3.05) is 0 Å². The number of thioether (sulfide) groups is 1. The van der Waals surface area contributed by atoms with E-state index in [1.807, 2.05) is 42.1 Å². The third-order valence-corrected chi connectivity index (χ3v) is 9.36. The van der Waals surface area contributed by atoms with Gasteiger partial charge in [0.25, 0.3) is 0 Å². The highest BCUT2D eigenvalue weighted by atomic mass is 32.2. The second-order valence-corrected chi connectivity index (χ2v) is 11.6. The van der Waals surface area contributed by atoms with E-state index in [9.17, 15) is 5.26 Å². The predicted molar refractivity (Wildman–Crippen MR) is 165 cm³/mol. The molecule has 2 nitrogen and oxygen atoms in total. The molecular weight excluding hydrogens is 506 g/mol. The summed E-state index contributed by atoms with van der Waals surface area (Å²) in [5.74, 6) is 0.365. The topological polar surface area (TPSA) is 36.9 Å². The van der Waals surface area contributed by atoms with Crippen LogP contribution in [0.25, 0.3) is 55.3 Å². The van der Waals surface area contributed by atoms with Gasteiger partial charge in [0.15, 0.2) is 0 Å². The first kappa shape index (κ1) is 23.1. The van der Waals surface area contributed by atoms with E-state index in [0.29, 0.717) is 16.7 Å². The van der Waals surface area contributed by atoms with Crippen LogP contribution in [-0.2, 0) is 0 Å². The Hall–Kier alpha value is -4.78. The smallest absolute Gasteiger partial charge is 0.135 e. The van der Waals surface area contributed by atoms with Crippen LogP contribution in [0.5, 0.6) is 0 Å². The van der Waals surface area contributed by atoms with Gasteiger partial charge < -0.3 is 4.42 Å². The first-order valence-corrected chi connectivity index (χ1v) is 14.4. The minimum Gasteiger partial charge on any atom is -0.456 e. The van der Waals surface area contributed by atoms with Gasteiger partial charge in [0, 0.05) is 26.8 Å². The summed E-state index contributed by atoms with van der Waals surface area (Å²) in [5, 5.41) is 12.3. The average Bonchev–Trinajstić information content (AvgIpc) is 3.59. The standard InChI is InChI=1S/C37H23NOS/c38-22-23-7-5-8-24(17-23)26-18-27(25-15-16-34-32(21-25)30-9-1-3-12-33(30)39-34)20-28(19-26)29-11-6-14-36-37(29)31-10-2-4-13-35(31)40-36/h1-21,31,35H. The molecule has 1 aromatic heterocycles. The normalized spacial score (nSPS) is 17.2. The Bertz CT molecular complexity index is 2070. The number of para-hydroxylation sites is 1. The van der Waals surface area contributed by atoms with E-state index in [1.54, 1.807) is 0 Å². The van der Waals surface area contributed by atoms with E-state index >= 15 is 0 Å². The molecule has 3 heteroatoms. The lowest BCUT2D eigenvalue weighted by atomic mass is 9.85. The summed E-state index contributed by atoms with van der Waals surface area (Å²) in [6.45, 7) is 0. The monoisotopic (exact) mass is 529 g/mol.